The molecule has 3 nitrogen and oxygen atoms in total. The van der Waals surface area contributed by atoms with E-state index in [0.717, 1.165) is 37.1 Å². The summed E-state index contributed by atoms with van der Waals surface area (Å²) in [6.45, 7) is 3.19. The lowest BCUT2D eigenvalue weighted by molar-refractivity contribution is -0.137. The Balaban J connectivity index is 1.79. The molecule has 0 saturated carbocycles. The molecule has 0 bridgehead atoms. The molecule has 1 amide bonds. The Bertz CT molecular complexity index is 1020. The highest BCUT2D eigenvalue weighted by molar-refractivity contribution is 5.94. The van der Waals surface area contributed by atoms with Crippen LogP contribution in [0.3, 0.4) is 0 Å². The number of amides is 1. The van der Waals surface area contributed by atoms with Crippen molar-refractivity contribution in [1.82, 2.24) is 9.47 Å². The quantitative estimate of drug-likeness (QED) is 0.271. The summed E-state index contributed by atoms with van der Waals surface area (Å²) in [5.41, 5.74) is 1.06. The molecule has 1 aromatic heterocycles. The molecule has 32 heavy (non-hydrogen) atoms. The van der Waals surface area contributed by atoms with Crippen LogP contribution in [-0.4, -0.2) is 21.9 Å². The van der Waals surface area contributed by atoms with Gasteiger partial charge in [0.1, 0.15) is 5.82 Å². The number of hydrogen-bond acceptors (Lipinski definition) is 1. The van der Waals surface area contributed by atoms with E-state index in [1.807, 2.05) is 16.7 Å². The van der Waals surface area contributed by atoms with Crippen molar-refractivity contribution in [3.63, 3.8) is 0 Å². The molecule has 0 fully saturated rings. The molecule has 0 aliphatic rings. The van der Waals surface area contributed by atoms with E-state index in [2.05, 4.69) is 6.92 Å². The Morgan fingerprint density at radius 2 is 1.75 bits per heavy atom. The zero-order valence-electron chi connectivity index (χ0n) is 17.9. The average molecular weight is 446 g/mol. The van der Waals surface area contributed by atoms with Gasteiger partial charge in [0.15, 0.2) is 0 Å². The van der Waals surface area contributed by atoms with E-state index in [4.69, 9.17) is 0 Å². The van der Waals surface area contributed by atoms with E-state index in [1.165, 1.54) is 30.3 Å². The Morgan fingerprint density at radius 3 is 2.44 bits per heavy atom. The number of unbranched alkanes of at least 4 members (excludes halogenated alkanes) is 2. The number of halogens is 4. The second-order valence-corrected chi connectivity index (χ2v) is 7.77. The maximum Gasteiger partial charge on any atom is 0.416 e. The number of carbonyl (C=O) groups excluding carboxylic acids is 1. The zero-order valence-corrected chi connectivity index (χ0v) is 17.9. The lowest BCUT2D eigenvalue weighted by atomic mass is 10.1. The third-order valence-electron chi connectivity index (χ3n) is 5.29. The molecule has 7 heteroatoms. The van der Waals surface area contributed by atoms with Crippen molar-refractivity contribution in [2.45, 2.75) is 45.5 Å². The van der Waals surface area contributed by atoms with Crippen LogP contribution in [-0.2, 0) is 19.3 Å². The highest BCUT2D eigenvalue weighted by Crippen LogP contribution is 2.29. The van der Waals surface area contributed by atoms with Gasteiger partial charge in [-0.2, -0.15) is 13.2 Å². The molecule has 2 aromatic carbocycles. The molecule has 0 radical (unpaired) electrons. The molecule has 0 aliphatic carbocycles. The van der Waals surface area contributed by atoms with Gasteiger partial charge in [-0.3, -0.25) is 4.79 Å². The number of benzene rings is 2. The van der Waals surface area contributed by atoms with Gasteiger partial charge in [-0.05, 0) is 60.5 Å². The molecular formula is C25H26F4N2O. The van der Waals surface area contributed by atoms with Crippen molar-refractivity contribution in [1.29, 1.82) is 0 Å². The van der Waals surface area contributed by atoms with E-state index in [0.29, 0.717) is 24.2 Å². The van der Waals surface area contributed by atoms with Gasteiger partial charge in [0, 0.05) is 30.5 Å². The first-order valence-electron chi connectivity index (χ1n) is 10.6. The van der Waals surface area contributed by atoms with E-state index in [9.17, 15) is 22.4 Å². The molecule has 0 unspecified atom stereocenters. The Hall–Kier alpha value is -3.09. The minimum Gasteiger partial charge on any atom is -0.345 e. The number of nitrogens with zero attached hydrogens (tertiary/aromatic N) is 2. The lowest BCUT2D eigenvalue weighted by Crippen LogP contribution is -2.32. The van der Waals surface area contributed by atoms with Crippen molar-refractivity contribution in [2.24, 2.45) is 0 Å². The third kappa shape index (κ3) is 6.22. The van der Waals surface area contributed by atoms with Crippen LogP contribution in [0.25, 0.3) is 0 Å². The van der Waals surface area contributed by atoms with Gasteiger partial charge in [0.2, 0.25) is 0 Å². The average Bonchev–Trinajstić information content (AvgIpc) is 3.19. The summed E-state index contributed by atoms with van der Waals surface area (Å²) in [6.07, 6.45) is 0.204. The van der Waals surface area contributed by atoms with Gasteiger partial charge in [0.25, 0.3) is 5.91 Å². The normalized spacial score (nSPS) is 11.5. The van der Waals surface area contributed by atoms with Crippen molar-refractivity contribution < 1.29 is 22.4 Å². The summed E-state index contributed by atoms with van der Waals surface area (Å²) < 4.78 is 54.3. The molecule has 3 rings (SSSR count). The monoisotopic (exact) mass is 446 g/mol. The van der Waals surface area contributed by atoms with E-state index < -0.39 is 17.6 Å². The first-order chi connectivity index (χ1) is 15.3. The third-order valence-corrected chi connectivity index (χ3v) is 5.29. The molecule has 0 spiro atoms. The molecule has 1 heterocycles. The van der Waals surface area contributed by atoms with Crippen LogP contribution in [0.4, 0.5) is 17.6 Å². The maximum atomic E-state index is 13.3. The second kappa shape index (κ2) is 10.5. The smallest absolute Gasteiger partial charge is 0.345 e. The number of alkyl halides is 3. The van der Waals surface area contributed by atoms with Crippen LogP contribution in [0.2, 0.25) is 0 Å². The summed E-state index contributed by atoms with van der Waals surface area (Å²) >= 11 is 0. The summed E-state index contributed by atoms with van der Waals surface area (Å²) in [6, 6.07) is 14.4. The summed E-state index contributed by atoms with van der Waals surface area (Å²) in [5, 5.41) is 0. The first kappa shape index (κ1) is 23.6. The summed E-state index contributed by atoms with van der Waals surface area (Å²) in [4.78, 5) is 14.8. The van der Waals surface area contributed by atoms with E-state index >= 15 is 0 Å². The van der Waals surface area contributed by atoms with Crippen LogP contribution in [0, 0.1) is 5.82 Å². The van der Waals surface area contributed by atoms with Crippen molar-refractivity contribution >= 4 is 5.91 Å². The molecule has 0 N–H and O–H groups in total. The predicted molar refractivity (Wildman–Crippen MR) is 116 cm³/mol. The Morgan fingerprint density at radius 1 is 1.00 bits per heavy atom. The first-order valence-corrected chi connectivity index (χ1v) is 10.6. The fraction of sp³-hybridized carbons (Fsp3) is 0.320. The fourth-order valence-corrected chi connectivity index (χ4v) is 3.57. The van der Waals surface area contributed by atoms with Crippen molar-refractivity contribution in [3.05, 3.63) is 95.1 Å². The van der Waals surface area contributed by atoms with Gasteiger partial charge >= 0.3 is 6.18 Å². The van der Waals surface area contributed by atoms with Gasteiger partial charge in [-0.1, -0.05) is 31.9 Å². The van der Waals surface area contributed by atoms with Crippen LogP contribution < -0.4 is 0 Å². The predicted octanol–water partition coefficient (Wildman–Crippen LogP) is 6.53. The van der Waals surface area contributed by atoms with E-state index in [1.54, 1.807) is 17.2 Å². The summed E-state index contributed by atoms with van der Waals surface area (Å²) in [5.74, 6) is -0.609. The maximum absolute atomic E-state index is 13.3. The lowest BCUT2D eigenvalue weighted by Gasteiger charge is -2.24. The molecule has 3 aromatic rings. The van der Waals surface area contributed by atoms with Crippen LogP contribution in [0.1, 0.15) is 53.4 Å². The Kier molecular flexibility index (Phi) is 7.72. The van der Waals surface area contributed by atoms with Crippen LogP contribution in [0.15, 0.2) is 66.9 Å². The number of carbonyl (C=O) groups is 1. The van der Waals surface area contributed by atoms with Crippen LogP contribution >= 0.6 is 0 Å². The zero-order chi connectivity index (χ0) is 23.1. The topological polar surface area (TPSA) is 25.2 Å². The summed E-state index contributed by atoms with van der Waals surface area (Å²) in [7, 11) is 0. The van der Waals surface area contributed by atoms with E-state index in [-0.39, 0.29) is 12.5 Å². The SMILES string of the molecule is CCCCCN(Cc1cccn1Cc1cccc(C(F)(F)F)c1)C(=O)c1ccc(F)cc1. The fourth-order valence-electron chi connectivity index (χ4n) is 3.57. The Labute approximate surface area is 185 Å². The highest BCUT2D eigenvalue weighted by atomic mass is 19.4. The van der Waals surface area contributed by atoms with Gasteiger partial charge in [0.05, 0.1) is 12.1 Å². The molecule has 170 valence electrons. The largest absolute Gasteiger partial charge is 0.416 e. The van der Waals surface area contributed by atoms with Crippen molar-refractivity contribution in [2.75, 3.05) is 6.54 Å². The van der Waals surface area contributed by atoms with Gasteiger partial charge in [-0.25, -0.2) is 4.39 Å². The standard InChI is InChI=1S/C25H26F4N2O/c1-2-3-4-14-31(24(32)20-10-12-22(26)13-11-20)18-23-9-6-15-30(23)17-19-7-5-8-21(16-19)25(27,28)29/h5-13,15-16H,2-4,14,17-18H2,1H3. The number of rotatable bonds is 9. The van der Waals surface area contributed by atoms with Crippen molar-refractivity contribution in [3.8, 4) is 0 Å². The van der Waals surface area contributed by atoms with Gasteiger partial charge < -0.3 is 9.47 Å². The molecule has 0 saturated heterocycles. The minimum atomic E-state index is -4.40. The number of hydrogen-bond donors (Lipinski definition) is 0. The molecular weight excluding hydrogens is 420 g/mol. The second-order valence-electron chi connectivity index (χ2n) is 7.77. The van der Waals surface area contributed by atoms with Gasteiger partial charge in [-0.15, -0.1) is 0 Å². The molecule has 0 atom stereocenters. The molecule has 0 aliphatic heterocycles. The highest BCUT2D eigenvalue weighted by Gasteiger charge is 2.30. The number of aromatic nitrogens is 1. The minimum absolute atomic E-state index is 0.201. The van der Waals surface area contributed by atoms with Crippen LogP contribution in [0.5, 0.6) is 0 Å².